The van der Waals surface area contributed by atoms with Crippen LogP contribution in [0.3, 0.4) is 0 Å². The number of amides is 1. The van der Waals surface area contributed by atoms with E-state index < -0.39 is 0 Å². The number of hydrogen-bond donors (Lipinski definition) is 1. The SMILES string of the molecule is F.O=C(Cc1cnc(N2CCCC2)cn1)NCc1ccc2c(c1)CCN(C1CCC1)CC2.[HH]. The second kappa shape index (κ2) is 10.4. The Morgan fingerprint density at radius 3 is 2.47 bits per heavy atom. The van der Waals surface area contributed by atoms with Crippen molar-refractivity contribution in [3.05, 3.63) is 53.0 Å². The minimum atomic E-state index is -0.00526. The van der Waals surface area contributed by atoms with Crippen LogP contribution in [-0.4, -0.2) is 53.0 Å². The molecule has 1 aromatic carbocycles. The average molecular weight is 442 g/mol. The highest BCUT2D eigenvalue weighted by atomic mass is 19.0. The molecule has 0 spiro atoms. The molecule has 5 rings (SSSR count). The molecule has 3 heterocycles. The lowest BCUT2D eigenvalue weighted by Crippen LogP contribution is -2.41. The number of benzene rings is 1. The van der Waals surface area contributed by atoms with Crippen molar-refractivity contribution in [1.82, 2.24) is 20.2 Å². The Labute approximate surface area is 191 Å². The van der Waals surface area contributed by atoms with Crippen LogP contribution in [0, 0.1) is 0 Å². The van der Waals surface area contributed by atoms with E-state index in [1.165, 1.54) is 61.9 Å². The summed E-state index contributed by atoms with van der Waals surface area (Å²) in [6, 6.07) is 7.55. The van der Waals surface area contributed by atoms with Crippen molar-refractivity contribution in [3.8, 4) is 0 Å². The fourth-order valence-electron chi connectivity index (χ4n) is 5.00. The van der Waals surface area contributed by atoms with Gasteiger partial charge in [-0.25, -0.2) is 4.98 Å². The van der Waals surface area contributed by atoms with E-state index in [2.05, 4.69) is 43.3 Å². The molecule has 1 aromatic heterocycles. The first-order valence-corrected chi connectivity index (χ1v) is 11.9. The van der Waals surface area contributed by atoms with Crippen LogP contribution in [0.1, 0.15) is 55.9 Å². The van der Waals surface area contributed by atoms with Gasteiger partial charge in [-0.05, 0) is 55.2 Å². The maximum absolute atomic E-state index is 12.4. The number of nitrogens with zero attached hydrogens (tertiary/aromatic N) is 4. The van der Waals surface area contributed by atoms with E-state index in [0.717, 1.165) is 43.5 Å². The highest BCUT2D eigenvalue weighted by molar-refractivity contribution is 5.78. The van der Waals surface area contributed by atoms with Gasteiger partial charge in [-0.1, -0.05) is 24.6 Å². The van der Waals surface area contributed by atoms with Crippen molar-refractivity contribution in [3.63, 3.8) is 0 Å². The van der Waals surface area contributed by atoms with Crippen LogP contribution in [0.4, 0.5) is 10.5 Å². The summed E-state index contributed by atoms with van der Waals surface area (Å²) >= 11 is 0. The number of aromatic nitrogens is 2. The lowest BCUT2D eigenvalue weighted by molar-refractivity contribution is -0.120. The molecular formula is C25H36FN5O. The molecule has 32 heavy (non-hydrogen) atoms. The average Bonchev–Trinajstić information content (AvgIpc) is 3.21. The first kappa shape index (κ1) is 22.6. The Hall–Kier alpha value is -2.54. The fraction of sp³-hybridized carbons (Fsp3) is 0.560. The maximum atomic E-state index is 12.4. The first-order valence-electron chi connectivity index (χ1n) is 11.9. The van der Waals surface area contributed by atoms with Gasteiger partial charge in [0, 0.05) is 40.2 Å². The van der Waals surface area contributed by atoms with Gasteiger partial charge in [0.25, 0.3) is 0 Å². The zero-order valence-corrected chi connectivity index (χ0v) is 18.8. The van der Waals surface area contributed by atoms with Crippen molar-refractivity contribution in [2.24, 2.45) is 0 Å². The number of anilines is 1. The Balaban J connectivity index is 0.00000153. The number of carbonyl (C=O) groups excluding carboxylic acids is 1. The number of rotatable bonds is 6. The van der Waals surface area contributed by atoms with E-state index in [0.29, 0.717) is 6.54 Å². The van der Waals surface area contributed by atoms with Crippen molar-refractivity contribution < 1.29 is 10.9 Å². The standard InChI is InChI=1S/C25H33N5O.FH.H2/c31-25(15-22-17-27-24(18-26-22)30-10-1-2-11-30)28-16-19-6-7-20-8-12-29(23-4-3-5-23)13-9-21(20)14-19;;/h6-7,14,17-18,23H,1-5,8-13,15-16H2,(H,28,31);2*1H. The molecule has 174 valence electrons. The molecule has 0 unspecified atom stereocenters. The largest absolute Gasteiger partial charge is 0.355 e. The van der Waals surface area contributed by atoms with Gasteiger partial charge in [0.2, 0.25) is 5.91 Å². The molecule has 0 atom stereocenters. The molecule has 2 fully saturated rings. The summed E-state index contributed by atoms with van der Waals surface area (Å²) in [5.41, 5.74) is 4.83. The summed E-state index contributed by atoms with van der Waals surface area (Å²) < 4.78 is 0. The fourth-order valence-corrected chi connectivity index (χ4v) is 5.00. The van der Waals surface area contributed by atoms with E-state index in [-0.39, 0.29) is 18.5 Å². The molecule has 1 saturated carbocycles. The highest BCUT2D eigenvalue weighted by Gasteiger charge is 2.26. The highest BCUT2D eigenvalue weighted by Crippen LogP contribution is 2.27. The molecule has 0 bridgehead atoms. The lowest BCUT2D eigenvalue weighted by Gasteiger charge is -2.36. The van der Waals surface area contributed by atoms with Gasteiger partial charge in [-0.3, -0.25) is 19.4 Å². The van der Waals surface area contributed by atoms with Gasteiger partial charge in [0.15, 0.2) is 0 Å². The summed E-state index contributed by atoms with van der Waals surface area (Å²) in [5.74, 6) is 0.914. The number of fused-ring (bicyclic) bond motifs is 1. The summed E-state index contributed by atoms with van der Waals surface area (Å²) in [6.45, 7) is 5.02. The second-order valence-electron chi connectivity index (χ2n) is 9.24. The molecule has 3 aliphatic rings. The van der Waals surface area contributed by atoms with E-state index in [9.17, 15) is 4.79 Å². The molecular weight excluding hydrogens is 405 g/mol. The number of halogens is 1. The Morgan fingerprint density at radius 2 is 1.78 bits per heavy atom. The molecule has 2 aliphatic heterocycles. The molecule has 1 N–H and O–H groups in total. The van der Waals surface area contributed by atoms with Gasteiger partial charge in [0.05, 0.1) is 24.5 Å². The third kappa shape index (κ3) is 5.26. The minimum absolute atomic E-state index is 0. The van der Waals surface area contributed by atoms with Gasteiger partial charge in [-0.15, -0.1) is 0 Å². The summed E-state index contributed by atoms with van der Waals surface area (Å²) in [6.07, 6.45) is 12.6. The number of hydrogen-bond acceptors (Lipinski definition) is 5. The van der Waals surface area contributed by atoms with Gasteiger partial charge in [-0.2, -0.15) is 0 Å². The number of carbonyl (C=O) groups is 1. The van der Waals surface area contributed by atoms with E-state index >= 15 is 0 Å². The minimum Gasteiger partial charge on any atom is -0.355 e. The molecule has 6 nitrogen and oxygen atoms in total. The van der Waals surface area contributed by atoms with Crippen LogP contribution in [0.15, 0.2) is 30.6 Å². The topological polar surface area (TPSA) is 61.4 Å². The normalized spacial score (nSPS) is 18.9. The van der Waals surface area contributed by atoms with Crippen LogP contribution in [-0.2, 0) is 30.6 Å². The van der Waals surface area contributed by atoms with E-state index in [1.807, 2.05) is 0 Å². The van der Waals surface area contributed by atoms with Gasteiger partial charge in [0.1, 0.15) is 5.82 Å². The maximum Gasteiger partial charge on any atom is 0.226 e. The molecule has 1 saturated heterocycles. The summed E-state index contributed by atoms with van der Waals surface area (Å²) in [4.78, 5) is 26.3. The summed E-state index contributed by atoms with van der Waals surface area (Å²) in [7, 11) is 0. The van der Waals surface area contributed by atoms with Crippen LogP contribution in [0.5, 0.6) is 0 Å². The van der Waals surface area contributed by atoms with Crippen molar-refractivity contribution in [1.29, 1.82) is 0 Å². The van der Waals surface area contributed by atoms with Gasteiger partial charge >= 0.3 is 0 Å². The third-order valence-corrected chi connectivity index (χ3v) is 7.15. The van der Waals surface area contributed by atoms with Crippen molar-refractivity contribution >= 4 is 11.7 Å². The Bertz CT molecular complexity index is 916. The summed E-state index contributed by atoms with van der Waals surface area (Å²) in [5, 5.41) is 3.06. The Kier molecular flexibility index (Phi) is 7.35. The van der Waals surface area contributed by atoms with E-state index in [4.69, 9.17) is 0 Å². The smallest absolute Gasteiger partial charge is 0.226 e. The second-order valence-corrected chi connectivity index (χ2v) is 9.24. The zero-order valence-electron chi connectivity index (χ0n) is 18.8. The molecule has 2 aromatic rings. The zero-order chi connectivity index (χ0) is 21.0. The third-order valence-electron chi connectivity index (χ3n) is 7.15. The van der Waals surface area contributed by atoms with Crippen LogP contribution in [0.2, 0.25) is 0 Å². The first-order chi connectivity index (χ1) is 15.2. The molecule has 1 amide bonds. The molecule has 0 radical (unpaired) electrons. The molecule has 1 aliphatic carbocycles. The van der Waals surface area contributed by atoms with Crippen LogP contribution < -0.4 is 10.2 Å². The van der Waals surface area contributed by atoms with Crippen molar-refractivity contribution in [2.75, 3.05) is 31.1 Å². The number of nitrogens with one attached hydrogen (secondary N) is 1. The molecule has 7 heteroatoms. The lowest BCUT2D eigenvalue weighted by atomic mass is 9.91. The van der Waals surface area contributed by atoms with Crippen LogP contribution >= 0.6 is 0 Å². The van der Waals surface area contributed by atoms with Crippen LogP contribution in [0.25, 0.3) is 0 Å². The van der Waals surface area contributed by atoms with Crippen molar-refractivity contribution in [2.45, 2.75) is 64.0 Å². The monoisotopic (exact) mass is 441 g/mol. The van der Waals surface area contributed by atoms with E-state index in [1.54, 1.807) is 12.4 Å². The van der Waals surface area contributed by atoms with Gasteiger partial charge < -0.3 is 10.2 Å². The predicted molar refractivity (Wildman–Crippen MR) is 127 cm³/mol. The Morgan fingerprint density at radius 1 is 1.00 bits per heavy atom. The quantitative estimate of drug-likeness (QED) is 0.745. The predicted octanol–water partition coefficient (Wildman–Crippen LogP) is 3.29.